The van der Waals surface area contributed by atoms with E-state index in [9.17, 15) is 4.79 Å². The standard InChI is InChI=1S/C16H19ClN4O2/c1-4-21(5-2)14-8-9-18-16(20-14)19-13-10-11(15(22)23-3)6-7-12(13)17/h6-10H,4-5H2,1-3H3,(H,18,19,20). The second-order valence-corrected chi connectivity index (χ2v) is 5.13. The molecule has 0 aliphatic carbocycles. The number of benzene rings is 1. The Labute approximate surface area is 140 Å². The first-order valence-corrected chi connectivity index (χ1v) is 7.69. The summed E-state index contributed by atoms with van der Waals surface area (Å²) in [6.45, 7) is 5.84. The van der Waals surface area contributed by atoms with E-state index in [1.165, 1.54) is 7.11 Å². The number of rotatable bonds is 6. The molecule has 0 bridgehead atoms. The van der Waals surface area contributed by atoms with Crippen LogP contribution >= 0.6 is 11.6 Å². The van der Waals surface area contributed by atoms with Crippen LogP contribution in [0.3, 0.4) is 0 Å². The number of ether oxygens (including phenoxy) is 1. The third-order valence-electron chi connectivity index (χ3n) is 3.36. The molecular formula is C16H19ClN4O2. The molecule has 1 N–H and O–H groups in total. The van der Waals surface area contributed by atoms with Gasteiger partial charge in [-0.1, -0.05) is 11.6 Å². The fraction of sp³-hybridized carbons (Fsp3) is 0.312. The van der Waals surface area contributed by atoms with E-state index < -0.39 is 5.97 Å². The number of halogens is 1. The Balaban J connectivity index is 2.28. The van der Waals surface area contributed by atoms with Gasteiger partial charge in [0.2, 0.25) is 5.95 Å². The van der Waals surface area contributed by atoms with E-state index >= 15 is 0 Å². The summed E-state index contributed by atoms with van der Waals surface area (Å²) in [5.74, 6) is 0.814. The minimum Gasteiger partial charge on any atom is -0.465 e. The van der Waals surface area contributed by atoms with Crippen LogP contribution in [0.2, 0.25) is 5.02 Å². The fourth-order valence-corrected chi connectivity index (χ4v) is 2.28. The summed E-state index contributed by atoms with van der Waals surface area (Å²) >= 11 is 6.17. The first-order valence-electron chi connectivity index (χ1n) is 7.31. The minimum absolute atomic E-state index is 0.402. The Hall–Kier alpha value is -2.34. The Morgan fingerprint density at radius 1 is 1.30 bits per heavy atom. The van der Waals surface area contributed by atoms with Crippen molar-refractivity contribution in [2.24, 2.45) is 0 Å². The second kappa shape index (κ2) is 7.78. The van der Waals surface area contributed by atoms with Crippen LogP contribution < -0.4 is 10.2 Å². The third kappa shape index (κ3) is 4.10. The number of methoxy groups -OCH3 is 1. The van der Waals surface area contributed by atoms with Gasteiger partial charge in [0.05, 0.1) is 23.4 Å². The molecule has 122 valence electrons. The molecule has 0 aliphatic rings. The highest BCUT2D eigenvalue weighted by Gasteiger charge is 2.11. The van der Waals surface area contributed by atoms with Crippen LogP contribution in [0, 0.1) is 0 Å². The van der Waals surface area contributed by atoms with Crippen LogP contribution in [0.25, 0.3) is 0 Å². The summed E-state index contributed by atoms with van der Waals surface area (Å²) in [4.78, 5) is 22.4. The number of hydrogen-bond donors (Lipinski definition) is 1. The van der Waals surface area contributed by atoms with E-state index in [0.29, 0.717) is 22.2 Å². The Bertz CT molecular complexity index is 690. The predicted octanol–water partition coefficient (Wildman–Crippen LogP) is 3.51. The van der Waals surface area contributed by atoms with Crippen molar-refractivity contribution < 1.29 is 9.53 Å². The normalized spacial score (nSPS) is 10.3. The molecule has 0 saturated heterocycles. The zero-order chi connectivity index (χ0) is 16.8. The van der Waals surface area contributed by atoms with Crippen LogP contribution in [-0.2, 0) is 4.74 Å². The highest BCUT2D eigenvalue weighted by Crippen LogP contribution is 2.26. The molecule has 0 fully saturated rings. The van der Waals surface area contributed by atoms with Crippen molar-refractivity contribution in [3.63, 3.8) is 0 Å². The number of esters is 1. The van der Waals surface area contributed by atoms with Gasteiger partial charge in [0.25, 0.3) is 0 Å². The lowest BCUT2D eigenvalue weighted by Gasteiger charge is -2.20. The smallest absolute Gasteiger partial charge is 0.337 e. The van der Waals surface area contributed by atoms with Gasteiger partial charge in [0, 0.05) is 19.3 Å². The van der Waals surface area contributed by atoms with Crippen molar-refractivity contribution in [3.8, 4) is 0 Å². The van der Waals surface area contributed by atoms with Crippen molar-refractivity contribution in [2.45, 2.75) is 13.8 Å². The number of nitrogens with one attached hydrogen (secondary N) is 1. The zero-order valence-corrected chi connectivity index (χ0v) is 14.1. The molecule has 2 aromatic rings. The molecule has 6 nitrogen and oxygen atoms in total. The van der Waals surface area contributed by atoms with E-state index in [1.807, 2.05) is 6.07 Å². The zero-order valence-electron chi connectivity index (χ0n) is 13.3. The Morgan fingerprint density at radius 3 is 2.70 bits per heavy atom. The van der Waals surface area contributed by atoms with Crippen LogP contribution in [0.4, 0.5) is 17.5 Å². The van der Waals surface area contributed by atoms with Gasteiger partial charge in [0.15, 0.2) is 0 Å². The Morgan fingerprint density at radius 2 is 2.04 bits per heavy atom. The highest BCUT2D eigenvalue weighted by atomic mass is 35.5. The molecule has 2 rings (SSSR count). The molecule has 0 saturated carbocycles. The SMILES string of the molecule is CCN(CC)c1ccnc(Nc2cc(C(=O)OC)ccc2Cl)n1. The average molecular weight is 335 g/mol. The van der Waals surface area contributed by atoms with E-state index in [1.54, 1.807) is 24.4 Å². The maximum atomic E-state index is 11.6. The molecule has 1 aromatic carbocycles. The van der Waals surface area contributed by atoms with E-state index in [-0.39, 0.29) is 0 Å². The van der Waals surface area contributed by atoms with Crippen LogP contribution in [-0.4, -0.2) is 36.1 Å². The molecule has 0 unspecified atom stereocenters. The average Bonchev–Trinajstić information content (AvgIpc) is 2.57. The van der Waals surface area contributed by atoms with Gasteiger partial charge in [-0.3, -0.25) is 0 Å². The fourth-order valence-electron chi connectivity index (χ4n) is 2.12. The highest BCUT2D eigenvalue weighted by molar-refractivity contribution is 6.33. The van der Waals surface area contributed by atoms with E-state index in [4.69, 9.17) is 16.3 Å². The topological polar surface area (TPSA) is 67.4 Å². The van der Waals surface area contributed by atoms with Crippen LogP contribution in [0.1, 0.15) is 24.2 Å². The van der Waals surface area contributed by atoms with Crippen molar-refractivity contribution in [1.82, 2.24) is 9.97 Å². The van der Waals surface area contributed by atoms with Gasteiger partial charge in [-0.05, 0) is 38.1 Å². The van der Waals surface area contributed by atoms with Crippen LogP contribution in [0.15, 0.2) is 30.5 Å². The van der Waals surface area contributed by atoms with E-state index in [2.05, 4.69) is 34.0 Å². The molecule has 0 spiro atoms. The molecule has 1 heterocycles. The van der Waals surface area contributed by atoms with Crippen molar-refractivity contribution in [1.29, 1.82) is 0 Å². The molecule has 0 aliphatic heterocycles. The lowest BCUT2D eigenvalue weighted by Crippen LogP contribution is -2.23. The summed E-state index contributed by atoms with van der Waals surface area (Å²) in [6, 6.07) is 6.70. The summed E-state index contributed by atoms with van der Waals surface area (Å²) in [6.07, 6.45) is 1.68. The third-order valence-corrected chi connectivity index (χ3v) is 3.69. The van der Waals surface area contributed by atoms with Gasteiger partial charge in [-0.15, -0.1) is 0 Å². The lowest BCUT2D eigenvalue weighted by molar-refractivity contribution is 0.0601. The summed E-state index contributed by atoms with van der Waals surface area (Å²) in [5, 5.41) is 3.51. The Kier molecular flexibility index (Phi) is 5.76. The number of hydrogen-bond acceptors (Lipinski definition) is 6. The first-order chi connectivity index (χ1) is 11.1. The van der Waals surface area contributed by atoms with Gasteiger partial charge in [0.1, 0.15) is 5.82 Å². The molecular weight excluding hydrogens is 316 g/mol. The molecule has 0 amide bonds. The second-order valence-electron chi connectivity index (χ2n) is 4.72. The van der Waals surface area contributed by atoms with Gasteiger partial charge < -0.3 is 15.0 Å². The summed E-state index contributed by atoms with van der Waals surface area (Å²) in [5.41, 5.74) is 0.950. The van der Waals surface area contributed by atoms with Gasteiger partial charge in [-0.25, -0.2) is 9.78 Å². The van der Waals surface area contributed by atoms with E-state index in [0.717, 1.165) is 18.9 Å². The maximum Gasteiger partial charge on any atom is 0.337 e. The molecule has 23 heavy (non-hydrogen) atoms. The predicted molar refractivity (Wildman–Crippen MR) is 91.7 cm³/mol. The van der Waals surface area contributed by atoms with Crippen LogP contribution in [0.5, 0.6) is 0 Å². The van der Waals surface area contributed by atoms with Gasteiger partial charge in [-0.2, -0.15) is 4.98 Å². The molecule has 0 atom stereocenters. The quantitative estimate of drug-likeness (QED) is 0.815. The molecule has 1 aromatic heterocycles. The lowest BCUT2D eigenvalue weighted by atomic mass is 10.2. The first kappa shape index (κ1) is 17.0. The molecule has 7 heteroatoms. The minimum atomic E-state index is -0.428. The van der Waals surface area contributed by atoms with Crippen molar-refractivity contribution in [3.05, 3.63) is 41.0 Å². The number of nitrogens with zero attached hydrogens (tertiary/aromatic N) is 3. The van der Waals surface area contributed by atoms with Gasteiger partial charge >= 0.3 is 5.97 Å². The molecule has 0 radical (unpaired) electrons. The maximum absolute atomic E-state index is 11.6. The number of carbonyl (C=O) groups excluding carboxylic acids is 1. The van der Waals surface area contributed by atoms with Crippen molar-refractivity contribution in [2.75, 3.05) is 30.4 Å². The summed E-state index contributed by atoms with van der Waals surface area (Å²) in [7, 11) is 1.33. The number of carbonyl (C=O) groups is 1. The summed E-state index contributed by atoms with van der Waals surface area (Å²) < 4.78 is 4.71. The monoisotopic (exact) mass is 334 g/mol. The number of aromatic nitrogens is 2. The largest absolute Gasteiger partial charge is 0.465 e. The van der Waals surface area contributed by atoms with Crippen molar-refractivity contribution >= 4 is 35.0 Å². The number of anilines is 3.